The van der Waals surface area contributed by atoms with E-state index in [2.05, 4.69) is 36.3 Å². The summed E-state index contributed by atoms with van der Waals surface area (Å²) in [5, 5.41) is 9.29. The molecule has 2 rings (SSSR count). The number of anilines is 1. The molecule has 1 atom stereocenters. The number of aromatic nitrogens is 2. The maximum absolute atomic E-state index is 12.0. The first-order chi connectivity index (χ1) is 9.54. The minimum atomic E-state index is -0.0641. The zero-order valence-corrected chi connectivity index (χ0v) is 12.6. The molecule has 0 spiro atoms. The molecule has 0 saturated heterocycles. The molecule has 0 unspecified atom stereocenters. The van der Waals surface area contributed by atoms with E-state index in [4.69, 9.17) is 0 Å². The molecule has 5 nitrogen and oxygen atoms in total. The Morgan fingerprint density at radius 3 is 2.55 bits per heavy atom. The van der Waals surface area contributed by atoms with E-state index in [1.54, 1.807) is 7.05 Å². The highest BCUT2D eigenvalue weighted by Gasteiger charge is 2.12. The van der Waals surface area contributed by atoms with E-state index in [9.17, 15) is 4.79 Å². The molecule has 108 valence electrons. The van der Waals surface area contributed by atoms with Gasteiger partial charge in [-0.2, -0.15) is 5.10 Å². The fourth-order valence-electron chi connectivity index (χ4n) is 2.34. The highest BCUT2D eigenvalue weighted by atomic mass is 16.1. The quantitative estimate of drug-likeness (QED) is 0.901. The number of benzene rings is 1. The van der Waals surface area contributed by atoms with E-state index in [0.29, 0.717) is 11.4 Å². The fourth-order valence-corrected chi connectivity index (χ4v) is 2.34. The van der Waals surface area contributed by atoms with Gasteiger partial charge in [0.15, 0.2) is 5.82 Å². The van der Waals surface area contributed by atoms with Gasteiger partial charge >= 0.3 is 0 Å². The maximum atomic E-state index is 12.0. The van der Waals surface area contributed by atoms with Crippen molar-refractivity contribution in [3.05, 3.63) is 34.6 Å². The molecule has 0 aliphatic heterocycles. The molecule has 0 bridgehead atoms. The third kappa shape index (κ3) is 2.82. The molecule has 0 radical (unpaired) electrons. The number of rotatable bonds is 5. The van der Waals surface area contributed by atoms with Gasteiger partial charge in [0.05, 0.1) is 5.39 Å². The van der Waals surface area contributed by atoms with Crippen molar-refractivity contribution >= 4 is 16.6 Å². The second kappa shape index (κ2) is 6.05. The van der Waals surface area contributed by atoms with Crippen LogP contribution in [0, 0.1) is 0 Å². The van der Waals surface area contributed by atoms with E-state index in [1.165, 1.54) is 4.68 Å². The molecule has 1 aromatic heterocycles. The lowest BCUT2D eigenvalue weighted by molar-refractivity contribution is 0.298. The molecule has 2 aromatic rings. The minimum Gasteiger partial charge on any atom is -0.367 e. The molecule has 0 amide bonds. The van der Waals surface area contributed by atoms with Crippen LogP contribution in [-0.2, 0) is 7.05 Å². The Morgan fingerprint density at radius 1 is 1.30 bits per heavy atom. The van der Waals surface area contributed by atoms with Crippen LogP contribution in [-0.4, -0.2) is 41.4 Å². The summed E-state index contributed by atoms with van der Waals surface area (Å²) in [6, 6.07) is 8.02. The largest absolute Gasteiger partial charge is 0.367 e. The molecule has 1 N–H and O–H groups in total. The summed E-state index contributed by atoms with van der Waals surface area (Å²) < 4.78 is 1.39. The number of nitrogens with one attached hydrogen (secondary N) is 1. The van der Waals surface area contributed by atoms with Crippen LogP contribution in [0.25, 0.3) is 10.8 Å². The molecular formula is C15H22N4O. The van der Waals surface area contributed by atoms with Gasteiger partial charge in [-0.1, -0.05) is 25.1 Å². The predicted octanol–water partition coefficient (Wildman–Crippen LogP) is 1.69. The van der Waals surface area contributed by atoms with Crippen LogP contribution in [0.1, 0.15) is 13.3 Å². The average Bonchev–Trinajstić information content (AvgIpc) is 2.44. The normalized spacial score (nSPS) is 12.8. The average molecular weight is 274 g/mol. The van der Waals surface area contributed by atoms with Gasteiger partial charge in [-0.3, -0.25) is 4.79 Å². The number of hydrogen-bond acceptors (Lipinski definition) is 4. The van der Waals surface area contributed by atoms with E-state index in [0.717, 1.165) is 24.2 Å². The van der Waals surface area contributed by atoms with Crippen molar-refractivity contribution in [1.82, 2.24) is 14.7 Å². The highest BCUT2D eigenvalue weighted by molar-refractivity contribution is 5.90. The van der Waals surface area contributed by atoms with E-state index >= 15 is 0 Å². The van der Waals surface area contributed by atoms with Gasteiger partial charge in [0, 0.05) is 25.0 Å². The van der Waals surface area contributed by atoms with Gasteiger partial charge < -0.3 is 10.2 Å². The van der Waals surface area contributed by atoms with E-state index in [-0.39, 0.29) is 5.56 Å². The monoisotopic (exact) mass is 274 g/mol. The number of nitrogens with zero attached hydrogens (tertiary/aromatic N) is 3. The maximum Gasteiger partial charge on any atom is 0.274 e. The van der Waals surface area contributed by atoms with Crippen molar-refractivity contribution in [2.45, 2.75) is 19.4 Å². The molecule has 1 aromatic carbocycles. The van der Waals surface area contributed by atoms with Gasteiger partial charge in [0.2, 0.25) is 0 Å². The molecule has 5 heteroatoms. The topological polar surface area (TPSA) is 50.2 Å². The van der Waals surface area contributed by atoms with Crippen LogP contribution in [0.5, 0.6) is 0 Å². The van der Waals surface area contributed by atoms with Crippen LogP contribution >= 0.6 is 0 Å². The standard InChI is InChI=1S/C15H22N4O/c1-5-11(18(2)3)10-16-14-12-8-6-7-9-13(12)15(20)19(4)17-14/h6-9,11H,5,10H2,1-4H3,(H,16,17)/t11-/m1/s1. The van der Waals surface area contributed by atoms with Gasteiger partial charge in [0.1, 0.15) is 0 Å². The van der Waals surface area contributed by atoms with Crippen LogP contribution in [0.15, 0.2) is 29.1 Å². The Labute approximate surface area is 119 Å². The van der Waals surface area contributed by atoms with Gasteiger partial charge in [-0.15, -0.1) is 0 Å². The zero-order chi connectivity index (χ0) is 14.7. The molecule has 0 fully saturated rings. The molecule has 0 saturated carbocycles. The molecule has 1 heterocycles. The van der Waals surface area contributed by atoms with Gasteiger partial charge in [-0.25, -0.2) is 4.68 Å². The highest BCUT2D eigenvalue weighted by Crippen LogP contribution is 2.17. The lowest BCUT2D eigenvalue weighted by Crippen LogP contribution is -2.34. The van der Waals surface area contributed by atoms with Crippen LogP contribution < -0.4 is 10.9 Å². The summed E-state index contributed by atoms with van der Waals surface area (Å²) in [7, 11) is 5.83. The van der Waals surface area contributed by atoms with Crippen molar-refractivity contribution in [2.75, 3.05) is 26.0 Å². The summed E-state index contributed by atoms with van der Waals surface area (Å²) in [6.45, 7) is 2.97. The molecule has 0 aliphatic rings. The van der Waals surface area contributed by atoms with Crippen molar-refractivity contribution < 1.29 is 0 Å². The predicted molar refractivity (Wildman–Crippen MR) is 83.2 cm³/mol. The summed E-state index contributed by atoms with van der Waals surface area (Å²) in [4.78, 5) is 14.2. The van der Waals surface area contributed by atoms with Gasteiger partial charge in [-0.05, 0) is 26.6 Å². The summed E-state index contributed by atoms with van der Waals surface area (Å²) >= 11 is 0. The van der Waals surface area contributed by atoms with Crippen molar-refractivity contribution in [2.24, 2.45) is 7.05 Å². The van der Waals surface area contributed by atoms with Crippen molar-refractivity contribution in [1.29, 1.82) is 0 Å². The number of fused-ring (bicyclic) bond motifs is 1. The first-order valence-electron chi connectivity index (χ1n) is 6.91. The second-order valence-electron chi connectivity index (χ2n) is 5.23. The third-order valence-corrected chi connectivity index (χ3v) is 3.66. The third-order valence-electron chi connectivity index (χ3n) is 3.66. The smallest absolute Gasteiger partial charge is 0.274 e. The van der Waals surface area contributed by atoms with Crippen LogP contribution in [0.4, 0.5) is 5.82 Å². The Bertz CT molecular complexity index is 648. The first-order valence-corrected chi connectivity index (χ1v) is 6.91. The molecule has 20 heavy (non-hydrogen) atoms. The van der Waals surface area contributed by atoms with Crippen LogP contribution in [0.2, 0.25) is 0 Å². The Morgan fingerprint density at radius 2 is 1.95 bits per heavy atom. The lowest BCUT2D eigenvalue weighted by atomic mass is 10.1. The summed E-state index contributed by atoms with van der Waals surface area (Å²) in [5.74, 6) is 0.767. The minimum absolute atomic E-state index is 0.0641. The Hall–Kier alpha value is -1.88. The second-order valence-corrected chi connectivity index (χ2v) is 5.23. The lowest BCUT2D eigenvalue weighted by Gasteiger charge is -2.23. The van der Waals surface area contributed by atoms with Crippen molar-refractivity contribution in [3.8, 4) is 0 Å². The number of aryl methyl sites for hydroxylation is 1. The Balaban J connectivity index is 2.35. The van der Waals surface area contributed by atoms with Crippen LogP contribution in [0.3, 0.4) is 0 Å². The van der Waals surface area contributed by atoms with E-state index in [1.807, 2.05) is 24.3 Å². The zero-order valence-electron chi connectivity index (χ0n) is 12.6. The molecule has 0 aliphatic carbocycles. The van der Waals surface area contributed by atoms with Gasteiger partial charge in [0.25, 0.3) is 5.56 Å². The fraction of sp³-hybridized carbons (Fsp3) is 0.467. The first kappa shape index (κ1) is 14.5. The number of hydrogen-bond donors (Lipinski definition) is 1. The number of likely N-dealkylation sites (N-methyl/N-ethyl adjacent to an activating group) is 1. The van der Waals surface area contributed by atoms with Crippen molar-refractivity contribution in [3.63, 3.8) is 0 Å². The Kier molecular flexibility index (Phi) is 4.39. The SMILES string of the molecule is CC[C@H](CNc1nn(C)c(=O)c2ccccc12)N(C)C. The summed E-state index contributed by atoms with van der Waals surface area (Å²) in [6.07, 6.45) is 1.06. The summed E-state index contributed by atoms with van der Waals surface area (Å²) in [5.41, 5.74) is -0.0641. The van der Waals surface area contributed by atoms with E-state index < -0.39 is 0 Å². The molecular weight excluding hydrogens is 252 g/mol.